The van der Waals surface area contributed by atoms with E-state index in [4.69, 9.17) is 4.99 Å². The Morgan fingerprint density at radius 2 is 1.77 bits per heavy atom. The van der Waals surface area contributed by atoms with Gasteiger partial charge >= 0.3 is 0 Å². The van der Waals surface area contributed by atoms with Crippen molar-refractivity contribution < 1.29 is 0 Å². The van der Waals surface area contributed by atoms with Gasteiger partial charge in [0.25, 0.3) is 0 Å². The van der Waals surface area contributed by atoms with E-state index in [1.807, 2.05) is 30.5 Å². The van der Waals surface area contributed by atoms with E-state index < -0.39 is 0 Å². The van der Waals surface area contributed by atoms with Gasteiger partial charge in [0, 0.05) is 41.8 Å². The van der Waals surface area contributed by atoms with Crippen molar-refractivity contribution in [3.63, 3.8) is 0 Å². The molecule has 2 aromatic heterocycles. The second-order valence-corrected chi connectivity index (χ2v) is 7.07. The lowest BCUT2D eigenvalue weighted by Crippen LogP contribution is -2.37. The molecule has 5 nitrogen and oxygen atoms in total. The van der Waals surface area contributed by atoms with Crippen LogP contribution in [0.3, 0.4) is 0 Å². The fourth-order valence-corrected chi connectivity index (χ4v) is 3.62. The standard InChI is InChI=1S/C24H27N5.HI/c1-2-25-24(29-17-19-13-15-26-22-11-5-3-10-21(19)22)27-14-7-8-18-16-28-23-12-6-4-9-20(18)23;/h3-6,9-13,15-16,28H,2,7-8,14,17H2,1H3,(H2,25,27,29);1H. The number of nitrogens with zero attached hydrogens (tertiary/aromatic N) is 2. The Hall–Kier alpha value is -2.61. The first-order chi connectivity index (χ1) is 14.3. The molecule has 0 aliphatic carbocycles. The van der Waals surface area contributed by atoms with Crippen LogP contribution < -0.4 is 10.6 Å². The van der Waals surface area contributed by atoms with Crippen LogP contribution in [0.2, 0.25) is 0 Å². The van der Waals surface area contributed by atoms with Gasteiger partial charge in [-0.1, -0.05) is 36.4 Å². The number of benzene rings is 2. The summed E-state index contributed by atoms with van der Waals surface area (Å²) in [5, 5.41) is 9.28. The van der Waals surface area contributed by atoms with E-state index in [0.29, 0.717) is 6.54 Å². The van der Waals surface area contributed by atoms with Crippen molar-refractivity contribution >= 4 is 51.7 Å². The first kappa shape index (κ1) is 22.1. The summed E-state index contributed by atoms with van der Waals surface area (Å²) < 4.78 is 0. The van der Waals surface area contributed by atoms with Crippen LogP contribution in [0, 0.1) is 0 Å². The minimum Gasteiger partial charge on any atom is -0.361 e. The highest BCUT2D eigenvalue weighted by Gasteiger charge is 2.04. The second-order valence-electron chi connectivity index (χ2n) is 7.07. The number of rotatable bonds is 7. The first-order valence-corrected chi connectivity index (χ1v) is 10.2. The molecule has 4 rings (SSSR count). The predicted octanol–water partition coefficient (Wildman–Crippen LogP) is 5.02. The molecule has 0 saturated carbocycles. The molecule has 0 bridgehead atoms. The van der Waals surface area contributed by atoms with E-state index in [-0.39, 0.29) is 24.0 Å². The number of pyridine rings is 1. The Morgan fingerprint density at radius 3 is 2.63 bits per heavy atom. The van der Waals surface area contributed by atoms with Crippen molar-refractivity contribution in [3.05, 3.63) is 78.1 Å². The van der Waals surface area contributed by atoms with Crippen LogP contribution in [0.4, 0.5) is 0 Å². The van der Waals surface area contributed by atoms with Gasteiger partial charge in [0.1, 0.15) is 0 Å². The van der Waals surface area contributed by atoms with Crippen LogP contribution in [0.15, 0.2) is 72.0 Å². The lowest BCUT2D eigenvalue weighted by atomic mass is 10.1. The Kier molecular flexibility index (Phi) is 8.07. The molecular formula is C24H28IN5. The number of fused-ring (bicyclic) bond motifs is 2. The Labute approximate surface area is 194 Å². The molecule has 0 spiro atoms. The highest BCUT2D eigenvalue weighted by molar-refractivity contribution is 14.0. The zero-order chi connectivity index (χ0) is 19.9. The average molecular weight is 513 g/mol. The number of aryl methyl sites for hydroxylation is 1. The van der Waals surface area contributed by atoms with E-state index in [9.17, 15) is 0 Å². The minimum absolute atomic E-state index is 0. The van der Waals surface area contributed by atoms with Gasteiger partial charge in [-0.25, -0.2) is 4.99 Å². The summed E-state index contributed by atoms with van der Waals surface area (Å²) in [6.45, 7) is 4.43. The number of guanidine groups is 1. The van der Waals surface area contributed by atoms with Crippen LogP contribution in [0.1, 0.15) is 24.5 Å². The number of aromatic amines is 1. The van der Waals surface area contributed by atoms with Gasteiger partial charge in [0.15, 0.2) is 5.96 Å². The summed E-state index contributed by atoms with van der Waals surface area (Å²) in [7, 11) is 0. The fraction of sp³-hybridized carbons (Fsp3) is 0.250. The van der Waals surface area contributed by atoms with Crippen LogP contribution in [0.25, 0.3) is 21.8 Å². The maximum absolute atomic E-state index is 4.78. The zero-order valence-electron chi connectivity index (χ0n) is 17.2. The fourth-order valence-electron chi connectivity index (χ4n) is 3.62. The second kappa shape index (κ2) is 11.0. The number of hydrogen-bond acceptors (Lipinski definition) is 2. The topological polar surface area (TPSA) is 65.1 Å². The number of aliphatic imine (C=N–C) groups is 1. The lowest BCUT2D eigenvalue weighted by Gasteiger charge is -2.11. The number of H-pyrrole nitrogens is 1. The molecular weight excluding hydrogens is 485 g/mol. The third-order valence-corrected chi connectivity index (χ3v) is 5.08. The first-order valence-electron chi connectivity index (χ1n) is 10.2. The van der Waals surface area contributed by atoms with Crippen molar-refractivity contribution in [1.29, 1.82) is 0 Å². The molecule has 4 aromatic rings. The van der Waals surface area contributed by atoms with Gasteiger partial charge in [-0.3, -0.25) is 4.98 Å². The van der Waals surface area contributed by atoms with Gasteiger partial charge in [0.2, 0.25) is 0 Å². The van der Waals surface area contributed by atoms with Gasteiger partial charge in [-0.15, -0.1) is 24.0 Å². The Bertz CT molecular complexity index is 1110. The molecule has 2 aromatic carbocycles. The van der Waals surface area contributed by atoms with Crippen molar-refractivity contribution in [2.75, 3.05) is 13.1 Å². The molecule has 0 atom stereocenters. The molecule has 0 unspecified atom stereocenters. The highest BCUT2D eigenvalue weighted by Crippen LogP contribution is 2.19. The molecule has 6 heteroatoms. The number of hydrogen-bond donors (Lipinski definition) is 3. The molecule has 0 aliphatic heterocycles. The van der Waals surface area contributed by atoms with E-state index in [2.05, 4.69) is 64.1 Å². The Morgan fingerprint density at radius 1 is 0.967 bits per heavy atom. The summed E-state index contributed by atoms with van der Waals surface area (Å²) >= 11 is 0. The molecule has 0 amide bonds. The van der Waals surface area contributed by atoms with Gasteiger partial charge in [-0.05, 0) is 49.1 Å². The van der Waals surface area contributed by atoms with Gasteiger partial charge in [0.05, 0.1) is 12.1 Å². The summed E-state index contributed by atoms with van der Waals surface area (Å²) in [6, 6.07) is 18.7. The number of para-hydroxylation sites is 2. The van der Waals surface area contributed by atoms with Crippen molar-refractivity contribution in [1.82, 2.24) is 20.6 Å². The highest BCUT2D eigenvalue weighted by atomic mass is 127. The zero-order valence-corrected chi connectivity index (χ0v) is 19.5. The number of halogens is 1. The average Bonchev–Trinajstić information content (AvgIpc) is 3.18. The third kappa shape index (κ3) is 5.30. The third-order valence-electron chi connectivity index (χ3n) is 5.08. The van der Waals surface area contributed by atoms with Crippen LogP contribution in [0.5, 0.6) is 0 Å². The van der Waals surface area contributed by atoms with Crippen molar-refractivity contribution in [2.45, 2.75) is 26.3 Å². The number of aromatic nitrogens is 2. The maximum atomic E-state index is 4.78. The molecule has 0 saturated heterocycles. The molecule has 3 N–H and O–H groups in total. The summed E-state index contributed by atoms with van der Waals surface area (Å²) in [5.41, 5.74) is 4.77. The van der Waals surface area contributed by atoms with Crippen molar-refractivity contribution in [2.24, 2.45) is 4.99 Å². The summed E-state index contributed by atoms with van der Waals surface area (Å²) in [4.78, 5) is 12.6. The summed E-state index contributed by atoms with van der Waals surface area (Å²) in [5.74, 6) is 0.854. The molecule has 156 valence electrons. The summed E-state index contributed by atoms with van der Waals surface area (Å²) in [6.07, 6.45) is 6.06. The Balaban J connectivity index is 0.00000256. The monoisotopic (exact) mass is 513 g/mol. The maximum Gasteiger partial charge on any atom is 0.191 e. The molecule has 0 aliphatic rings. The molecule has 0 radical (unpaired) electrons. The molecule has 0 fully saturated rings. The van der Waals surface area contributed by atoms with Crippen LogP contribution >= 0.6 is 24.0 Å². The predicted molar refractivity (Wildman–Crippen MR) is 137 cm³/mol. The SMILES string of the molecule is CCNC(=NCc1ccnc2ccccc12)NCCCc1c[nH]c2ccccc12.I. The molecule has 2 heterocycles. The molecule has 30 heavy (non-hydrogen) atoms. The smallest absolute Gasteiger partial charge is 0.191 e. The number of nitrogens with one attached hydrogen (secondary N) is 3. The quantitative estimate of drug-likeness (QED) is 0.141. The minimum atomic E-state index is 0. The van der Waals surface area contributed by atoms with E-state index in [1.165, 1.54) is 22.0 Å². The van der Waals surface area contributed by atoms with Gasteiger partial charge < -0.3 is 15.6 Å². The van der Waals surface area contributed by atoms with E-state index >= 15 is 0 Å². The van der Waals surface area contributed by atoms with E-state index in [1.54, 1.807) is 0 Å². The normalized spacial score (nSPS) is 11.4. The largest absolute Gasteiger partial charge is 0.361 e. The van der Waals surface area contributed by atoms with Crippen molar-refractivity contribution in [3.8, 4) is 0 Å². The van der Waals surface area contributed by atoms with Crippen LogP contribution in [-0.2, 0) is 13.0 Å². The lowest BCUT2D eigenvalue weighted by molar-refractivity contribution is 0.746. The van der Waals surface area contributed by atoms with E-state index in [0.717, 1.165) is 42.8 Å². The van der Waals surface area contributed by atoms with Gasteiger partial charge in [-0.2, -0.15) is 0 Å². The van der Waals surface area contributed by atoms with Crippen LogP contribution in [-0.4, -0.2) is 29.0 Å².